The van der Waals surface area contributed by atoms with Crippen LogP contribution in [0.1, 0.15) is 47.0 Å². The van der Waals surface area contributed by atoms with Gasteiger partial charge in [-0.1, -0.05) is 39.8 Å². The zero-order valence-corrected chi connectivity index (χ0v) is 10.6. The Morgan fingerprint density at radius 1 is 1.13 bits per heavy atom. The highest BCUT2D eigenvalue weighted by atomic mass is 14.7. The van der Waals surface area contributed by atoms with Gasteiger partial charge in [0.2, 0.25) is 0 Å². The van der Waals surface area contributed by atoms with Gasteiger partial charge in [-0.3, -0.25) is 0 Å². The number of fused-ring (bicyclic) bond motifs is 1. The molecule has 1 spiro atoms. The van der Waals surface area contributed by atoms with Crippen LogP contribution in [0.15, 0.2) is 12.2 Å². The van der Waals surface area contributed by atoms with Crippen LogP contribution >= 0.6 is 0 Å². The lowest BCUT2D eigenvalue weighted by Crippen LogP contribution is -2.29. The zero-order chi connectivity index (χ0) is 10.8. The van der Waals surface area contributed by atoms with Crippen LogP contribution in [0.3, 0.4) is 0 Å². The Kier molecular flexibility index (Phi) is 1.79. The maximum atomic E-state index is 2.62. The second-order valence-electron chi connectivity index (χ2n) is 6.99. The average Bonchev–Trinajstić information content (AvgIpc) is 2.57. The lowest BCUT2D eigenvalue weighted by Gasteiger charge is -2.34. The summed E-state index contributed by atoms with van der Waals surface area (Å²) in [5, 5.41) is 0. The standard InChI is InChI=1S/C15H24/c1-10-7-8-15-9-12(10)14(3,4)13(15)6-5-11(15)2/h7-8,10-13H,5-6,9H2,1-4H3/t10-,11+,12+,13+,15+/m0/s1. The van der Waals surface area contributed by atoms with Gasteiger partial charge in [0.25, 0.3) is 0 Å². The molecule has 3 aliphatic carbocycles. The Morgan fingerprint density at radius 3 is 2.60 bits per heavy atom. The van der Waals surface area contributed by atoms with Crippen LogP contribution in [0.5, 0.6) is 0 Å². The van der Waals surface area contributed by atoms with Crippen molar-refractivity contribution in [2.75, 3.05) is 0 Å². The van der Waals surface area contributed by atoms with Gasteiger partial charge < -0.3 is 0 Å². The Balaban J connectivity index is 2.11. The molecule has 0 radical (unpaired) electrons. The molecule has 0 aromatic rings. The van der Waals surface area contributed by atoms with Gasteiger partial charge in [-0.25, -0.2) is 0 Å². The van der Waals surface area contributed by atoms with Crippen molar-refractivity contribution in [3.63, 3.8) is 0 Å². The van der Waals surface area contributed by atoms with E-state index in [2.05, 4.69) is 39.8 Å². The normalized spacial score (nSPS) is 55.7. The van der Waals surface area contributed by atoms with Crippen molar-refractivity contribution < 1.29 is 0 Å². The van der Waals surface area contributed by atoms with Crippen LogP contribution in [-0.4, -0.2) is 0 Å². The second-order valence-corrected chi connectivity index (χ2v) is 6.99. The first-order valence-electron chi connectivity index (χ1n) is 6.68. The van der Waals surface area contributed by atoms with E-state index in [0.717, 1.165) is 23.7 Å². The fourth-order valence-corrected chi connectivity index (χ4v) is 5.28. The summed E-state index contributed by atoms with van der Waals surface area (Å²) in [6.07, 6.45) is 9.55. The monoisotopic (exact) mass is 204 g/mol. The molecule has 0 amide bonds. The minimum absolute atomic E-state index is 0.577. The molecule has 0 unspecified atom stereocenters. The molecule has 15 heavy (non-hydrogen) atoms. The number of allylic oxidation sites excluding steroid dienone is 2. The van der Waals surface area contributed by atoms with Gasteiger partial charge >= 0.3 is 0 Å². The second kappa shape index (κ2) is 2.70. The Labute approximate surface area is 94.1 Å². The van der Waals surface area contributed by atoms with Crippen molar-refractivity contribution in [2.24, 2.45) is 34.5 Å². The summed E-state index contributed by atoms with van der Waals surface area (Å²) in [6, 6.07) is 0. The summed E-state index contributed by atoms with van der Waals surface area (Å²) in [4.78, 5) is 0. The molecule has 0 N–H and O–H groups in total. The predicted molar refractivity (Wildman–Crippen MR) is 64.5 cm³/mol. The van der Waals surface area contributed by atoms with Crippen LogP contribution < -0.4 is 0 Å². The maximum Gasteiger partial charge on any atom is -0.00560 e. The number of rotatable bonds is 0. The highest BCUT2D eigenvalue weighted by Gasteiger charge is 2.62. The Morgan fingerprint density at radius 2 is 1.87 bits per heavy atom. The summed E-state index contributed by atoms with van der Waals surface area (Å²) in [5.74, 6) is 3.64. The van der Waals surface area contributed by atoms with Gasteiger partial charge in [0.1, 0.15) is 0 Å². The van der Waals surface area contributed by atoms with E-state index in [1.54, 1.807) is 0 Å². The molecule has 2 bridgehead atoms. The van der Waals surface area contributed by atoms with Crippen LogP contribution in [0, 0.1) is 34.5 Å². The molecule has 2 saturated carbocycles. The van der Waals surface area contributed by atoms with E-state index in [1.165, 1.54) is 19.3 Å². The van der Waals surface area contributed by atoms with Crippen LogP contribution in [-0.2, 0) is 0 Å². The molecule has 2 fully saturated rings. The molecule has 84 valence electrons. The summed E-state index contributed by atoms with van der Waals surface area (Å²) in [6.45, 7) is 9.97. The van der Waals surface area contributed by atoms with E-state index in [9.17, 15) is 0 Å². The van der Waals surface area contributed by atoms with Crippen LogP contribution in [0.25, 0.3) is 0 Å². The fourth-order valence-electron chi connectivity index (χ4n) is 5.28. The molecular weight excluding hydrogens is 180 g/mol. The summed E-state index contributed by atoms with van der Waals surface area (Å²) < 4.78 is 0. The van der Waals surface area contributed by atoms with Crippen LogP contribution in [0.2, 0.25) is 0 Å². The zero-order valence-electron chi connectivity index (χ0n) is 10.6. The number of hydrogen-bond acceptors (Lipinski definition) is 0. The molecule has 0 aromatic heterocycles. The molecular formula is C15H24. The maximum absolute atomic E-state index is 2.62. The third-order valence-electron chi connectivity index (χ3n) is 6.23. The molecule has 0 aliphatic heterocycles. The van der Waals surface area contributed by atoms with E-state index in [-0.39, 0.29) is 0 Å². The van der Waals surface area contributed by atoms with Crippen molar-refractivity contribution in [3.8, 4) is 0 Å². The Bertz CT molecular complexity index is 312. The fraction of sp³-hybridized carbons (Fsp3) is 0.867. The van der Waals surface area contributed by atoms with Gasteiger partial charge in [0.05, 0.1) is 0 Å². The van der Waals surface area contributed by atoms with Crippen LogP contribution in [0.4, 0.5) is 0 Å². The van der Waals surface area contributed by atoms with Gasteiger partial charge in [0.15, 0.2) is 0 Å². The summed E-state index contributed by atoms with van der Waals surface area (Å²) >= 11 is 0. The van der Waals surface area contributed by atoms with Crippen molar-refractivity contribution in [1.82, 2.24) is 0 Å². The minimum atomic E-state index is 0.577. The predicted octanol–water partition coefficient (Wildman–Crippen LogP) is 4.27. The van der Waals surface area contributed by atoms with Crippen molar-refractivity contribution >= 4 is 0 Å². The first kappa shape index (κ1) is 9.93. The molecule has 0 heterocycles. The molecule has 0 saturated heterocycles. The number of hydrogen-bond donors (Lipinski definition) is 0. The lowest BCUT2D eigenvalue weighted by atomic mass is 9.70. The SMILES string of the molecule is C[C@@H]1CC[C@@H]2C(C)(C)[C@@H]3C[C@]12C=C[C@@H]3C. The highest BCUT2D eigenvalue weighted by Crippen LogP contribution is 2.70. The summed E-state index contributed by atoms with van der Waals surface area (Å²) in [7, 11) is 0. The largest absolute Gasteiger partial charge is 0.0848 e. The third-order valence-corrected chi connectivity index (χ3v) is 6.23. The van der Waals surface area contributed by atoms with E-state index in [4.69, 9.17) is 0 Å². The van der Waals surface area contributed by atoms with E-state index >= 15 is 0 Å². The minimum Gasteiger partial charge on any atom is -0.0848 e. The smallest absolute Gasteiger partial charge is 0.00560 e. The molecule has 0 aromatic carbocycles. The average molecular weight is 204 g/mol. The third kappa shape index (κ3) is 0.990. The van der Waals surface area contributed by atoms with Crippen molar-refractivity contribution in [2.45, 2.75) is 47.0 Å². The lowest BCUT2D eigenvalue weighted by molar-refractivity contribution is 0.146. The topological polar surface area (TPSA) is 0 Å². The molecule has 0 heteroatoms. The van der Waals surface area contributed by atoms with Gasteiger partial charge in [-0.05, 0) is 53.8 Å². The van der Waals surface area contributed by atoms with E-state index in [0.29, 0.717) is 10.8 Å². The van der Waals surface area contributed by atoms with Gasteiger partial charge in [-0.2, -0.15) is 0 Å². The van der Waals surface area contributed by atoms with Gasteiger partial charge in [-0.15, -0.1) is 0 Å². The van der Waals surface area contributed by atoms with Gasteiger partial charge in [0, 0.05) is 0 Å². The van der Waals surface area contributed by atoms with Crippen molar-refractivity contribution in [1.29, 1.82) is 0 Å². The molecule has 3 rings (SSSR count). The quantitative estimate of drug-likeness (QED) is 0.517. The molecule has 3 aliphatic rings. The first-order chi connectivity index (χ1) is 6.98. The van der Waals surface area contributed by atoms with Crippen molar-refractivity contribution in [3.05, 3.63) is 12.2 Å². The van der Waals surface area contributed by atoms with E-state index in [1.807, 2.05) is 0 Å². The molecule has 5 atom stereocenters. The molecule has 0 nitrogen and oxygen atoms in total. The first-order valence-corrected chi connectivity index (χ1v) is 6.68. The highest BCUT2D eigenvalue weighted by molar-refractivity contribution is 5.23. The van der Waals surface area contributed by atoms with E-state index < -0.39 is 0 Å². The summed E-state index contributed by atoms with van der Waals surface area (Å²) in [5.41, 5.74) is 1.17. The Hall–Kier alpha value is -0.260.